The zero-order chi connectivity index (χ0) is 24.2. The minimum atomic E-state index is -1.83. The van der Waals surface area contributed by atoms with Gasteiger partial charge in [0.15, 0.2) is 11.5 Å². The van der Waals surface area contributed by atoms with Gasteiger partial charge in [-0.3, -0.25) is 0 Å². The Morgan fingerprint density at radius 3 is 2.09 bits per heavy atom. The second-order valence-electron chi connectivity index (χ2n) is 9.33. The normalized spacial score (nSPS) is 12.1. The fourth-order valence-electron chi connectivity index (χ4n) is 4.76. The maximum atomic E-state index is 6.26. The molecule has 0 N–H and O–H groups in total. The summed E-state index contributed by atoms with van der Waals surface area (Å²) in [4.78, 5) is 5.66. The Morgan fingerprint density at radius 1 is 0.939 bits per heavy atom. The molecule has 3 rings (SSSR count). The molecule has 0 aliphatic carbocycles. The Balaban J connectivity index is 2.11. The number of hydrogen-bond acceptors (Lipinski definition) is 6. The van der Waals surface area contributed by atoms with Gasteiger partial charge in [-0.25, -0.2) is 0 Å². The van der Waals surface area contributed by atoms with Gasteiger partial charge in [0.25, 0.3) is 0 Å². The molecule has 0 saturated carbocycles. The summed E-state index contributed by atoms with van der Waals surface area (Å²) in [5.41, 5.74) is 3.83. The zero-order valence-electron chi connectivity index (χ0n) is 21.0. The third kappa shape index (κ3) is 5.46. The quantitative estimate of drug-likeness (QED) is 0.273. The van der Waals surface area contributed by atoms with E-state index in [1.165, 1.54) is 0 Å². The Bertz CT molecular complexity index is 1030. The molecule has 0 aliphatic heterocycles. The zero-order valence-corrected chi connectivity index (χ0v) is 22.8. The van der Waals surface area contributed by atoms with Crippen molar-refractivity contribution in [3.05, 3.63) is 53.9 Å². The van der Waals surface area contributed by atoms with Crippen molar-refractivity contribution in [1.82, 2.24) is 10.1 Å². The van der Waals surface area contributed by atoms with Crippen LogP contribution in [-0.4, -0.2) is 24.5 Å². The van der Waals surface area contributed by atoms with Gasteiger partial charge in [0.1, 0.15) is 13.8 Å². The van der Waals surface area contributed by atoms with Crippen molar-refractivity contribution in [2.45, 2.75) is 76.6 Å². The van der Waals surface area contributed by atoms with Crippen LogP contribution in [0, 0.1) is 6.92 Å². The number of hydrogen-bond donors (Lipinski definition) is 0. The second kappa shape index (κ2) is 10.8. The van der Waals surface area contributed by atoms with Gasteiger partial charge < -0.3 is 14.0 Å². The van der Waals surface area contributed by atoms with E-state index < -0.39 is 7.22 Å². The molecule has 0 bridgehead atoms. The van der Waals surface area contributed by atoms with E-state index in [0.29, 0.717) is 40.7 Å². The molecule has 7 heteroatoms. The lowest BCUT2D eigenvalue weighted by atomic mass is 10.2. The van der Waals surface area contributed by atoms with Crippen LogP contribution >= 0.6 is 11.2 Å². The molecular weight excluding hydrogens is 448 g/mol. The Hall–Kier alpha value is -2.25. The van der Waals surface area contributed by atoms with Gasteiger partial charge in [-0.05, 0) is 34.3 Å². The summed E-state index contributed by atoms with van der Waals surface area (Å²) in [7, 11) is -0.164. The Morgan fingerprint density at radius 2 is 1.58 bits per heavy atom. The predicted molar refractivity (Wildman–Crippen MR) is 139 cm³/mol. The third-order valence-electron chi connectivity index (χ3n) is 6.27. The van der Waals surface area contributed by atoms with Crippen LogP contribution < -0.4 is 9.47 Å². The standard InChI is InChI=1S/C26H36N2O3SSi/c1-17(2)33(18(3)4,19(5)6)32-25-15-24(30-16-21-12-10-9-11-13-21)23(29-8)14-22(25)26-27-20(7)31-28-26/h9-15,17-19H,16H2,1-8H3. The van der Waals surface area contributed by atoms with Crippen molar-refractivity contribution < 1.29 is 14.0 Å². The molecule has 0 unspecified atom stereocenters. The summed E-state index contributed by atoms with van der Waals surface area (Å²) < 4.78 is 17.3. The van der Waals surface area contributed by atoms with Crippen molar-refractivity contribution >= 4 is 18.4 Å². The molecule has 1 heterocycles. The molecule has 1 aromatic heterocycles. The molecule has 0 radical (unpaired) electrons. The highest BCUT2D eigenvalue weighted by Gasteiger charge is 2.44. The van der Waals surface area contributed by atoms with Crippen LogP contribution in [0.3, 0.4) is 0 Å². The van der Waals surface area contributed by atoms with Crippen LogP contribution in [0.15, 0.2) is 51.9 Å². The number of nitrogens with zero attached hydrogens (tertiary/aromatic N) is 2. The van der Waals surface area contributed by atoms with Crippen molar-refractivity contribution in [3.8, 4) is 22.9 Å². The van der Waals surface area contributed by atoms with Crippen molar-refractivity contribution in [1.29, 1.82) is 0 Å². The highest BCUT2D eigenvalue weighted by molar-refractivity contribution is 8.29. The minimum absolute atomic E-state index is 0.475. The molecule has 5 nitrogen and oxygen atoms in total. The van der Waals surface area contributed by atoms with Gasteiger partial charge in [0.2, 0.25) is 11.7 Å². The average Bonchev–Trinajstić information content (AvgIpc) is 3.21. The SMILES string of the molecule is COc1cc(-c2noc(C)n2)c(S[Si](C(C)C)(C(C)C)C(C)C)cc1OCc1ccccc1. The summed E-state index contributed by atoms with van der Waals surface area (Å²) in [6.45, 7) is 16.5. The first-order valence-corrected chi connectivity index (χ1v) is 15.3. The molecule has 0 atom stereocenters. The molecule has 0 saturated heterocycles. The highest BCUT2D eigenvalue weighted by atomic mass is 32.4. The van der Waals surface area contributed by atoms with Gasteiger partial charge in [-0.1, -0.05) is 77.0 Å². The molecule has 0 aliphatic rings. The van der Waals surface area contributed by atoms with E-state index in [9.17, 15) is 0 Å². The number of aryl methyl sites for hydroxylation is 1. The average molecular weight is 485 g/mol. The monoisotopic (exact) mass is 484 g/mol. The fraction of sp³-hybridized carbons (Fsp3) is 0.462. The van der Waals surface area contributed by atoms with E-state index in [-0.39, 0.29) is 0 Å². The molecule has 178 valence electrons. The topological polar surface area (TPSA) is 57.4 Å². The molecule has 0 amide bonds. The van der Waals surface area contributed by atoms with E-state index in [4.69, 9.17) is 14.0 Å². The Kier molecular flexibility index (Phi) is 8.29. The second-order valence-corrected chi connectivity index (χ2v) is 17.9. The summed E-state index contributed by atoms with van der Waals surface area (Å²) in [6.07, 6.45) is 0. The molecule has 33 heavy (non-hydrogen) atoms. The number of aromatic nitrogens is 2. The molecular formula is C26H36N2O3SSi. The number of ether oxygens (including phenoxy) is 2. The molecule has 2 aromatic carbocycles. The largest absolute Gasteiger partial charge is 0.493 e. The van der Waals surface area contributed by atoms with Gasteiger partial charge in [0.05, 0.1) is 7.11 Å². The lowest BCUT2D eigenvalue weighted by molar-refractivity contribution is 0.284. The van der Waals surface area contributed by atoms with Crippen LogP contribution in [0.25, 0.3) is 11.4 Å². The summed E-state index contributed by atoms with van der Waals surface area (Å²) in [6, 6.07) is 14.3. The summed E-state index contributed by atoms with van der Waals surface area (Å²) in [5.74, 6) is 2.53. The van der Waals surface area contributed by atoms with E-state index in [0.717, 1.165) is 21.8 Å². The molecule has 0 fully saturated rings. The minimum Gasteiger partial charge on any atom is -0.493 e. The lowest BCUT2D eigenvalue weighted by Crippen LogP contribution is -2.41. The van der Waals surface area contributed by atoms with Crippen LogP contribution in [0.2, 0.25) is 16.6 Å². The third-order valence-corrected chi connectivity index (χ3v) is 18.6. The lowest BCUT2D eigenvalue weighted by Gasteiger charge is -2.42. The first kappa shape index (κ1) is 25.4. The van der Waals surface area contributed by atoms with Crippen LogP contribution in [0.4, 0.5) is 0 Å². The highest BCUT2D eigenvalue weighted by Crippen LogP contribution is 2.54. The maximum absolute atomic E-state index is 6.26. The van der Waals surface area contributed by atoms with Crippen molar-refractivity contribution in [3.63, 3.8) is 0 Å². The van der Waals surface area contributed by atoms with Crippen LogP contribution in [-0.2, 0) is 6.61 Å². The predicted octanol–water partition coefficient (Wildman–Crippen LogP) is 7.90. The van der Waals surface area contributed by atoms with Gasteiger partial charge in [0, 0.05) is 17.4 Å². The van der Waals surface area contributed by atoms with Crippen molar-refractivity contribution in [2.75, 3.05) is 7.11 Å². The smallest absolute Gasteiger partial charge is 0.223 e. The van der Waals surface area contributed by atoms with Gasteiger partial charge in [-0.2, -0.15) is 4.98 Å². The molecule has 3 aromatic rings. The Labute approximate surface area is 202 Å². The van der Waals surface area contributed by atoms with E-state index in [1.807, 2.05) is 42.4 Å². The first-order valence-electron chi connectivity index (χ1n) is 11.6. The van der Waals surface area contributed by atoms with Crippen LogP contribution in [0.1, 0.15) is 53.0 Å². The number of rotatable bonds is 10. The summed E-state index contributed by atoms with van der Waals surface area (Å²) in [5, 5.41) is 4.23. The van der Waals surface area contributed by atoms with E-state index in [1.54, 1.807) is 7.11 Å². The van der Waals surface area contributed by atoms with E-state index >= 15 is 0 Å². The van der Waals surface area contributed by atoms with Gasteiger partial charge >= 0.3 is 0 Å². The van der Waals surface area contributed by atoms with Crippen LogP contribution in [0.5, 0.6) is 11.5 Å². The fourth-order valence-corrected chi connectivity index (χ4v) is 14.0. The summed E-state index contributed by atoms with van der Waals surface area (Å²) >= 11 is 2.03. The number of benzene rings is 2. The van der Waals surface area contributed by atoms with Crippen molar-refractivity contribution in [2.24, 2.45) is 0 Å². The molecule has 0 spiro atoms. The van der Waals surface area contributed by atoms with E-state index in [2.05, 4.69) is 69.9 Å². The maximum Gasteiger partial charge on any atom is 0.223 e. The number of methoxy groups -OCH3 is 1. The van der Waals surface area contributed by atoms with Gasteiger partial charge in [-0.15, -0.1) is 11.2 Å². The first-order chi connectivity index (χ1) is 15.7.